The molecular weight excluding hydrogens is 352 g/mol. The van der Waals surface area contributed by atoms with Gasteiger partial charge in [-0.1, -0.05) is 6.07 Å². The van der Waals surface area contributed by atoms with Crippen molar-refractivity contribution in [1.29, 1.82) is 0 Å². The van der Waals surface area contributed by atoms with E-state index in [1.54, 1.807) is 19.3 Å². The number of aryl methyl sites for hydroxylation is 2. The topological polar surface area (TPSA) is 63.1 Å². The van der Waals surface area contributed by atoms with Crippen LogP contribution in [-0.2, 0) is 7.05 Å². The Morgan fingerprint density at radius 3 is 2.44 bits per heavy atom. The molecule has 0 radical (unpaired) electrons. The van der Waals surface area contributed by atoms with Crippen molar-refractivity contribution in [2.24, 2.45) is 7.05 Å². The molecule has 6 nitrogen and oxygen atoms in total. The van der Waals surface area contributed by atoms with Crippen LogP contribution in [0.25, 0.3) is 11.3 Å². The van der Waals surface area contributed by atoms with Crippen LogP contribution in [0, 0.1) is 18.6 Å². The quantitative estimate of drug-likeness (QED) is 0.764. The lowest BCUT2D eigenvalue weighted by atomic mass is 10.1. The first-order valence-corrected chi connectivity index (χ1v) is 8.21. The van der Waals surface area contributed by atoms with Gasteiger partial charge in [0.2, 0.25) is 0 Å². The lowest BCUT2D eigenvalue weighted by Crippen LogP contribution is -2.15. The van der Waals surface area contributed by atoms with E-state index < -0.39 is 23.2 Å². The standard InChI is InChI=1S/C19H19F2N5O/c1-11-8-17(25(2)3)22-10-12(11)16-9-15(24-26(16)4)19(27)23-18-13(20)6-5-7-14(18)21/h5-10H,1-4H3,(H,23,27). The number of para-hydroxylation sites is 1. The Labute approximate surface area is 155 Å². The average Bonchev–Trinajstić information content (AvgIpc) is 2.99. The van der Waals surface area contributed by atoms with Gasteiger partial charge in [0, 0.05) is 32.9 Å². The van der Waals surface area contributed by atoms with E-state index in [2.05, 4.69) is 15.4 Å². The third kappa shape index (κ3) is 3.64. The zero-order valence-corrected chi connectivity index (χ0v) is 15.4. The van der Waals surface area contributed by atoms with Gasteiger partial charge >= 0.3 is 0 Å². The summed E-state index contributed by atoms with van der Waals surface area (Å²) in [6, 6.07) is 6.87. The number of rotatable bonds is 4. The molecule has 3 aromatic rings. The van der Waals surface area contributed by atoms with Crippen LogP contribution in [0.2, 0.25) is 0 Å². The number of nitrogens with one attached hydrogen (secondary N) is 1. The van der Waals surface area contributed by atoms with E-state index in [-0.39, 0.29) is 5.69 Å². The zero-order chi connectivity index (χ0) is 19.7. The summed E-state index contributed by atoms with van der Waals surface area (Å²) in [5, 5.41) is 6.40. The Morgan fingerprint density at radius 1 is 1.19 bits per heavy atom. The fourth-order valence-corrected chi connectivity index (χ4v) is 2.68. The van der Waals surface area contributed by atoms with Gasteiger partial charge < -0.3 is 10.2 Å². The van der Waals surface area contributed by atoms with Crippen molar-refractivity contribution < 1.29 is 13.6 Å². The average molecular weight is 371 g/mol. The first-order chi connectivity index (χ1) is 12.8. The van der Waals surface area contributed by atoms with Gasteiger partial charge in [0.1, 0.15) is 23.1 Å². The highest BCUT2D eigenvalue weighted by atomic mass is 19.1. The number of benzene rings is 1. The number of carbonyl (C=O) groups excluding carboxylic acids is 1. The van der Waals surface area contributed by atoms with Gasteiger partial charge in [-0.25, -0.2) is 13.8 Å². The normalized spacial score (nSPS) is 10.7. The number of anilines is 2. The monoisotopic (exact) mass is 371 g/mol. The molecule has 0 unspecified atom stereocenters. The number of pyridine rings is 1. The molecule has 0 bridgehead atoms. The second-order valence-corrected chi connectivity index (χ2v) is 6.34. The van der Waals surface area contributed by atoms with Crippen LogP contribution in [-0.4, -0.2) is 34.8 Å². The summed E-state index contributed by atoms with van der Waals surface area (Å²) in [5.41, 5.74) is 1.99. The van der Waals surface area contributed by atoms with E-state index in [4.69, 9.17) is 0 Å². The van der Waals surface area contributed by atoms with E-state index in [1.165, 1.54) is 10.7 Å². The molecule has 2 aromatic heterocycles. The van der Waals surface area contributed by atoms with Crippen molar-refractivity contribution in [3.63, 3.8) is 0 Å². The zero-order valence-electron chi connectivity index (χ0n) is 15.4. The van der Waals surface area contributed by atoms with Gasteiger partial charge in [-0.05, 0) is 36.8 Å². The minimum absolute atomic E-state index is 0.0474. The van der Waals surface area contributed by atoms with Crippen LogP contribution in [0.5, 0.6) is 0 Å². The van der Waals surface area contributed by atoms with Crippen LogP contribution in [0.1, 0.15) is 16.1 Å². The SMILES string of the molecule is Cc1cc(N(C)C)ncc1-c1cc(C(=O)Nc2c(F)cccc2F)nn1C. The van der Waals surface area contributed by atoms with Gasteiger partial charge in [-0.15, -0.1) is 0 Å². The number of nitrogens with zero attached hydrogens (tertiary/aromatic N) is 4. The molecule has 0 aliphatic carbocycles. The Hall–Kier alpha value is -3.29. The Bertz CT molecular complexity index is 993. The number of halogens is 2. The summed E-state index contributed by atoms with van der Waals surface area (Å²) in [4.78, 5) is 18.7. The fourth-order valence-electron chi connectivity index (χ4n) is 2.68. The highest BCUT2D eigenvalue weighted by Gasteiger charge is 2.18. The van der Waals surface area contributed by atoms with E-state index in [0.717, 1.165) is 29.1 Å². The largest absolute Gasteiger partial charge is 0.363 e. The van der Waals surface area contributed by atoms with E-state index in [0.29, 0.717) is 5.69 Å². The summed E-state index contributed by atoms with van der Waals surface area (Å²) in [6.07, 6.45) is 1.71. The fraction of sp³-hybridized carbons (Fsp3) is 0.211. The van der Waals surface area contributed by atoms with E-state index in [9.17, 15) is 13.6 Å². The van der Waals surface area contributed by atoms with Gasteiger partial charge in [-0.3, -0.25) is 9.48 Å². The Balaban J connectivity index is 1.92. The highest BCUT2D eigenvalue weighted by molar-refractivity contribution is 6.03. The molecule has 0 fully saturated rings. The lowest BCUT2D eigenvalue weighted by molar-refractivity contribution is 0.102. The molecule has 27 heavy (non-hydrogen) atoms. The van der Waals surface area contributed by atoms with E-state index >= 15 is 0 Å². The van der Waals surface area contributed by atoms with Crippen LogP contribution >= 0.6 is 0 Å². The number of carbonyl (C=O) groups is 1. The molecule has 3 rings (SSSR count). The third-order valence-corrected chi connectivity index (χ3v) is 4.14. The number of amides is 1. The second-order valence-electron chi connectivity index (χ2n) is 6.34. The van der Waals surface area contributed by atoms with Gasteiger partial charge in [0.15, 0.2) is 5.69 Å². The van der Waals surface area contributed by atoms with Crippen molar-refractivity contribution in [3.05, 3.63) is 59.4 Å². The number of aromatic nitrogens is 3. The minimum Gasteiger partial charge on any atom is -0.363 e. The summed E-state index contributed by atoms with van der Waals surface area (Å²) < 4.78 is 29.0. The first kappa shape index (κ1) is 18.5. The summed E-state index contributed by atoms with van der Waals surface area (Å²) in [7, 11) is 5.49. The molecule has 0 aliphatic heterocycles. The van der Waals surface area contributed by atoms with Gasteiger partial charge in [0.25, 0.3) is 5.91 Å². The van der Waals surface area contributed by atoms with Crippen molar-refractivity contribution in [3.8, 4) is 11.3 Å². The van der Waals surface area contributed by atoms with Crippen molar-refractivity contribution in [2.45, 2.75) is 6.92 Å². The molecule has 140 valence electrons. The van der Waals surface area contributed by atoms with Crippen molar-refractivity contribution in [2.75, 3.05) is 24.3 Å². The molecule has 2 heterocycles. The first-order valence-electron chi connectivity index (χ1n) is 8.21. The molecule has 0 spiro atoms. The molecule has 0 atom stereocenters. The Kier molecular flexibility index (Phi) is 4.89. The third-order valence-electron chi connectivity index (χ3n) is 4.14. The molecule has 1 aromatic carbocycles. The molecule has 1 amide bonds. The van der Waals surface area contributed by atoms with Crippen LogP contribution in [0.15, 0.2) is 36.5 Å². The van der Waals surface area contributed by atoms with Crippen LogP contribution in [0.3, 0.4) is 0 Å². The predicted octanol–water partition coefficient (Wildman–Crippen LogP) is 3.39. The van der Waals surface area contributed by atoms with E-state index in [1.807, 2.05) is 32.0 Å². The maximum atomic E-state index is 13.7. The number of hydrogen-bond acceptors (Lipinski definition) is 4. The smallest absolute Gasteiger partial charge is 0.276 e. The summed E-state index contributed by atoms with van der Waals surface area (Å²) >= 11 is 0. The molecule has 8 heteroatoms. The molecule has 0 aliphatic rings. The molecule has 0 saturated heterocycles. The molecule has 0 saturated carbocycles. The predicted molar refractivity (Wildman–Crippen MR) is 99.8 cm³/mol. The Morgan fingerprint density at radius 2 is 1.85 bits per heavy atom. The lowest BCUT2D eigenvalue weighted by Gasteiger charge is -2.13. The van der Waals surface area contributed by atoms with Crippen LogP contribution in [0.4, 0.5) is 20.3 Å². The van der Waals surface area contributed by atoms with Gasteiger partial charge in [-0.2, -0.15) is 5.10 Å². The maximum Gasteiger partial charge on any atom is 0.276 e. The van der Waals surface area contributed by atoms with Crippen molar-refractivity contribution in [1.82, 2.24) is 14.8 Å². The maximum absolute atomic E-state index is 13.7. The minimum atomic E-state index is -0.848. The molecule has 1 N–H and O–H groups in total. The highest BCUT2D eigenvalue weighted by Crippen LogP contribution is 2.26. The van der Waals surface area contributed by atoms with Crippen LogP contribution < -0.4 is 10.2 Å². The molecular formula is C19H19F2N5O. The number of hydrogen-bond donors (Lipinski definition) is 1. The van der Waals surface area contributed by atoms with Crippen molar-refractivity contribution >= 4 is 17.4 Å². The summed E-state index contributed by atoms with van der Waals surface area (Å²) in [6.45, 7) is 1.94. The second kappa shape index (κ2) is 7.14. The van der Waals surface area contributed by atoms with Gasteiger partial charge in [0.05, 0.1) is 5.69 Å². The summed E-state index contributed by atoms with van der Waals surface area (Å²) in [5.74, 6) is -1.58.